The van der Waals surface area contributed by atoms with E-state index in [-0.39, 0.29) is 23.0 Å². The summed E-state index contributed by atoms with van der Waals surface area (Å²) in [5.74, 6) is -0.743. The SMILES string of the molecule is O=C(CS)Oc1ccccc1OC(=O)CS. The van der Waals surface area contributed by atoms with Gasteiger partial charge in [-0.05, 0) is 12.1 Å². The molecular weight excluding hydrogens is 248 g/mol. The van der Waals surface area contributed by atoms with Crippen LogP contribution in [-0.2, 0) is 9.59 Å². The summed E-state index contributed by atoms with van der Waals surface area (Å²) in [6.07, 6.45) is 0. The van der Waals surface area contributed by atoms with Gasteiger partial charge >= 0.3 is 11.9 Å². The number of para-hydroxylation sites is 2. The second-order valence-corrected chi connectivity index (χ2v) is 3.34. The third kappa shape index (κ3) is 3.79. The largest absolute Gasteiger partial charge is 0.422 e. The number of benzene rings is 1. The third-order valence-electron chi connectivity index (χ3n) is 1.55. The molecule has 16 heavy (non-hydrogen) atoms. The molecule has 0 amide bonds. The Morgan fingerprint density at radius 1 is 0.938 bits per heavy atom. The molecule has 0 spiro atoms. The third-order valence-corrected chi connectivity index (χ3v) is 2.07. The second-order valence-electron chi connectivity index (χ2n) is 2.71. The van der Waals surface area contributed by atoms with Gasteiger partial charge in [0.25, 0.3) is 0 Å². The van der Waals surface area contributed by atoms with Crippen molar-refractivity contribution >= 4 is 37.2 Å². The number of ether oxygens (including phenoxy) is 2. The highest BCUT2D eigenvalue weighted by Crippen LogP contribution is 2.26. The molecule has 0 saturated heterocycles. The Kier molecular flexibility index (Phi) is 5.21. The first-order valence-electron chi connectivity index (χ1n) is 4.39. The fourth-order valence-electron chi connectivity index (χ4n) is 0.929. The summed E-state index contributed by atoms with van der Waals surface area (Å²) in [5.41, 5.74) is 0. The fourth-order valence-corrected chi connectivity index (χ4v) is 1.06. The van der Waals surface area contributed by atoms with Crippen LogP contribution >= 0.6 is 25.3 Å². The average Bonchev–Trinajstić information content (AvgIpc) is 2.31. The van der Waals surface area contributed by atoms with E-state index in [2.05, 4.69) is 25.3 Å². The second kappa shape index (κ2) is 6.44. The Hall–Kier alpha value is -1.14. The van der Waals surface area contributed by atoms with E-state index in [1.807, 2.05) is 0 Å². The first-order valence-corrected chi connectivity index (χ1v) is 5.66. The van der Waals surface area contributed by atoms with E-state index in [4.69, 9.17) is 9.47 Å². The lowest BCUT2D eigenvalue weighted by Crippen LogP contribution is -2.13. The molecule has 0 atom stereocenters. The Balaban J connectivity index is 2.83. The lowest BCUT2D eigenvalue weighted by molar-refractivity contribution is -0.134. The van der Waals surface area contributed by atoms with Gasteiger partial charge < -0.3 is 9.47 Å². The van der Waals surface area contributed by atoms with E-state index < -0.39 is 11.9 Å². The van der Waals surface area contributed by atoms with Gasteiger partial charge in [0.1, 0.15) is 0 Å². The quantitative estimate of drug-likeness (QED) is 0.486. The zero-order valence-corrected chi connectivity index (χ0v) is 10.0. The minimum Gasteiger partial charge on any atom is -0.422 e. The van der Waals surface area contributed by atoms with Gasteiger partial charge in [-0.25, -0.2) is 0 Å². The van der Waals surface area contributed by atoms with Crippen molar-refractivity contribution in [1.29, 1.82) is 0 Å². The molecule has 6 heteroatoms. The first-order chi connectivity index (χ1) is 7.67. The molecule has 1 aromatic carbocycles. The van der Waals surface area contributed by atoms with Crippen LogP contribution < -0.4 is 9.47 Å². The number of carbonyl (C=O) groups excluding carboxylic acids is 2. The zero-order valence-electron chi connectivity index (χ0n) is 8.25. The summed E-state index contributed by atoms with van der Waals surface area (Å²) in [7, 11) is 0. The minimum atomic E-state index is -0.516. The number of esters is 2. The van der Waals surface area contributed by atoms with Crippen molar-refractivity contribution in [2.75, 3.05) is 11.5 Å². The smallest absolute Gasteiger partial charge is 0.321 e. The fraction of sp³-hybridized carbons (Fsp3) is 0.200. The molecule has 0 aliphatic rings. The van der Waals surface area contributed by atoms with Gasteiger partial charge in [-0.2, -0.15) is 25.3 Å². The number of hydrogen-bond acceptors (Lipinski definition) is 6. The van der Waals surface area contributed by atoms with Gasteiger partial charge in [-0.15, -0.1) is 0 Å². The molecule has 0 heterocycles. The number of thiol groups is 2. The topological polar surface area (TPSA) is 52.6 Å². The standard InChI is InChI=1S/C10H10O4S2/c11-9(5-15)13-7-3-1-2-4-8(7)14-10(12)6-16/h1-4,15-16H,5-6H2. The summed E-state index contributed by atoms with van der Waals surface area (Å²) >= 11 is 7.55. The van der Waals surface area contributed by atoms with Crippen molar-refractivity contribution in [2.24, 2.45) is 0 Å². The van der Waals surface area contributed by atoms with Gasteiger partial charge in [-0.3, -0.25) is 9.59 Å². The van der Waals surface area contributed by atoms with Crippen LogP contribution in [0.15, 0.2) is 24.3 Å². The van der Waals surface area contributed by atoms with Gasteiger partial charge in [0.05, 0.1) is 11.5 Å². The highest BCUT2D eigenvalue weighted by Gasteiger charge is 2.11. The van der Waals surface area contributed by atoms with Crippen molar-refractivity contribution < 1.29 is 19.1 Å². The average molecular weight is 258 g/mol. The van der Waals surface area contributed by atoms with Crippen LogP contribution in [0.4, 0.5) is 0 Å². The van der Waals surface area contributed by atoms with Crippen molar-refractivity contribution in [1.82, 2.24) is 0 Å². The van der Waals surface area contributed by atoms with Gasteiger partial charge in [0, 0.05) is 0 Å². The molecule has 1 rings (SSSR count). The number of carbonyl (C=O) groups is 2. The molecular formula is C10H10O4S2. The van der Waals surface area contributed by atoms with Crippen LogP contribution in [0.1, 0.15) is 0 Å². The molecule has 0 radical (unpaired) electrons. The van der Waals surface area contributed by atoms with Crippen LogP contribution in [0.3, 0.4) is 0 Å². The van der Waals surface area contributed by atoms with Crippen molar-refractivity contribution in [2.45, 2.75) is 0 Å². The summed E-state index contributed by atoms with van der Waals surface area (Å²) in [4.78, 5) is 22.1. The molecule has 0 aliphatic heterocycles. The Bertz CT molecular complexity index is 355. The molecule has 0 bridgehead atoms. The van der Waals surface area contributed by atoms with E-state index in [1.165, 1.54) is 12.1 Å². The van der Waals surface area contributed by atoms with Crippen molar-refractivity contribution in [3.05, 3.63) is 24.3 Å². The van der Waals surface area contributed by atoms with Gasteiger partial charge in [-0.1, -0.05) is 12.1 Å². The lowest BCUT2D eigenvalue weighted by Gasteiger charge is -2.08. The van der Waals surface area contributed by atoms with E-state index >= 15 is 0 Å². The summed E-state index contributed by atoms with van der Waals surface area (Å²) in [5, 5.41) is 0. The zero-order chi connectivity index (χ0) is 12.0. The molecule has 0 aromatic heterocycles. The molecule has 0 fully saturated rings. The Morgan fingerprint density at radius 3 is 1.62 bits per heavy atom. The van der Waals surface area contributed by atoms with E-state index in [0.29, 0.717) is 0 Å². The van der Waals surface area contributed by atoms with Crippen LogP contribution in [0, 0.1) is 0 Å². The van der Waals surface area contributed by atoms with Gasteiger partial charge in [0.15, 0.2) is 11.5 Å². The number of rotatable bonds is 4. The van der Waals surface area contributed by atoms with Crippen LogP contribution in [0.25, 0.3) is 0 Å². The Morgan fingerprint density at radius 2 is 1.31 bits per heavy atom. The van der Waals surface area contributed by atoms with Crippen molar-refractivity contribution in [3.63, 3.8) is 0 Å². The van der Waals surface area contributed by atoms with Crippen LogP contribution in [-0.4, -0.2) is 23.4 Å². The Labute approximate surface area is 104 Å². The maximum absolute atomic E-state index is 11.0. The number of hydrogen-bond donors (Lipinski definition) is 2. The van der Waals surface area contributed by atoms with E-state index in [0.717, 1.165) is 0 Å². The minimum absolute atomic E-state index is 0.0468. The molecule has 0 N–H and O–H groups in total. The summed E-state index contributed by atoms with van der Waals surface area (Å²) in [6, 6.07) is 6.39. The monoisotopic (exact) mass is 258 g/mol. The maximum Gasteiger partial charge on any atom is 0.321 e. The summed E-state index contributed by atoms with van der Waals surface area (Å²) < 4.78 is 9.85. The normalized spacial score (nSPS) is 9.62. The maximum atomic E-state index is 11.0. The first kappa shape index (κ1) is 12.9. The van der Waals surface area contributed by atoms with Crippen LogP contribution in [0.2, 0.25) is 0 Å². The molecule has 0 unspecified atom stereocenters. The molecule has 1 aromatic rings. The summed E-state index contributed by atoms with van der Waals surface area (Å²) in [6.45, 7) is 0. The lowest BCUT2D eigenvalue weighted by atomic mass is 10.3. The van der Waals surface area contributed by atoms with Crippen LogP contribution in [0.5, 0.6) is 11.5 Å². The van der Waals surface area contributed by atoms with Gasteiger partial charge in [0.2, 0.25) is 0 Å². The highest BCUT2D eigenvalue weighted by atomic mass is 32.1. The molecule has 4 nitrogen and oxygen atoms in total. The molecule has 86 valence electrons. The highest BCUT2D eigenvalue weighted by molar-refractivity contribution is 7.81. The molecule has 0 aliphatic carbocycles. The molecule has 0 saturated carbocycles. The van der Waals surface area contributed by atoms with E-state index in [9.17, 15) is 9.59 Å². The predicted octanol–water partition coefficient (Wildman–Crippen LogP) is 1.36. The van der Waals surface area contributed by atoms with E-state index in [1.54, 1.807) is 12.1 Å². The van der Waals surface area contributed by atoms with Crippen molar-refractivity contribution in [3.8, 4) is 11.5 Å². The predicted molar refractivity (Wildman–Crippen MR) is 65.4 cm³/mol.